The van der Waals surface area contributed by atoms with E-state index in [1.54, 1.807) is 7.11 Å². The molecule has 4 fully saturated rings. The van der Waals surface area contributed by atoms with Crippen molar-refractivity contribution in [3.05, 3.63) is 59.7 Å². The van der Waals surface area contributed by atoms with Crippen LogP contribution >= 0.6 is 0 Å². The summed E-state index contributed by atoms with van der Waals surface area (Å²) >= 11 is 0. The lowest BCUT2D eigenvalue weighted by Gasteiger charge is -2.61. The Morgan fingerprint density at radius 3 is 2.36 bits per heavy atom. The van der Waals surface area contributed by atoms with Crippen molar-refractivity contribution >= 4 is 11.8 Å². The Kier molecular flexibility index (Phi) is 5.55. The molecule has 4 aliphatic carbocycles. The van der Waals surface area contributed by atoms with Crippen LogP contribution in [0.3, 0.4) is 0 Å². The van der Waals surface area contributed by atoms with Crippen LogP contribution in [0.5, 0.6) is 11.5 Å². The second-order valence-corrected chi connectivity index (χ2v) is 10.4. The summed E-state index contributed by atoms with van der Waals surface area (Å²) in [5, 5.41) is 0. The second-order valence-electron chi connectivity index (χ2n) is 10.4. The molecular formula is C27H32N2O4. The number of nitrogens with one attached hydrogen (secondary N) is 2. The molecular weight excluding hydrogens is 416 g/mol. The highest BCUT2D eigenvalue weighted by atomic mass is 16.5. The summed E-state index contributed by atoms with van der Waals surface area (Å²) < 4.78 is 10.9. The first-order valence-electron chi connectivity index (χ1n) is 11.8. The van der Waals surface area contributed by atoms with Crippen LogP contribution in [0.15, 0.2) is 48.5 Å². The van der Waals surface area contributed by atoms with E-state index in [2.05, 4.69) is 23.0 Å². The summed E-state index contributed by atoms with van der Waals surface area (Å²) in [4.78, 5) is 25.7. The molecule has 0 aliphatic heterocycles. The van der Waals surface area contributed by atoms with Crippen molar-refractivity contribution in [3.8, 4) is 11.5 Å². The first-order valence-corrected chi connectivity index (χ1v) is 11.8. The normalized spacial score (nSPS) is 29.4. The van der Waals surface area contributed by atoms with Gasteiger partial charge in [0.25, 0.3) is 5.91 Å². The number of carbonyl (C=O) groups excluding carboxylic acids is 2. The van der Waals surface area contributed by atoms with E-state index in [0.717, 1.165) is 43.4 Å². The van der Waals surface area contributed by atoms with Crippen molar-refractivity contribution in [2.75, 3.05) is 13.7 Å². The molecule has 2 aromatic carbocycles. The SMILES string of the molecule is COc1ccc(C23CC4CC(CC(C(=O)NNC(=O)COc5cccc(C)c5)(C4)C2)C3)cc1. The maximum absolute atomic E-state index is 13.4. The highest BCUT2D eigenvalue weighted by molar-refractivity contribution is 5.87. The molecule has 2 unspecified atom stereocenters. The number of hydrogen-bond donors (Lipinski definition) is 2. The van der Waals surface area contributed by atoms with E-state index in [9.17, 15) is 9.59 Å². The Morgan fingerprint density at radius 1 is 0.970 bits per heavy atom. The fraction of sp³-hybridized carbons (Fsp3) is 0.481. The van der Waals surface area contributed by atoms with Gasteiger partial charge in [-0.2, -0.15) is 0 Å². The molecule has 0 aromatic heterocycles. The van der Waals surface area contributed by atoms with Gasteiger partial charge in [-0.3, -0.25) is 20.4 Å². The van der Waals surface area contributed by atoms with Crippen molar-refractivity contribution in [2.45, 2.75) is 50.9 Å². The third-order valence-electron chi connectivity index (χ3n) is 7.92. The number of rotatable bonds is 6. The lowest BCUT2D eigenvalue weighted by atomic mass is 9.42. The minimum atomic E-state index is -0.422. The summed E-state index contributed by atoms with van der Waals surface area (Å²) in [7, 11) is 1.68. The predicted octanol–water partition coefficient (Wildman–Crippen LogP) is 4.07. The summed E-state index contributed by atoms with van der Waals surface area (Å²) in [5.41, 5.74) is 7.30. The van der Waals surface area contributed by atoms with E-state index < -0.39 is 5.41 Å². The van der Waals surface area contributed by atoms with Gasteiger partial charge in [-0.05, 0) is 98.1 Å². The van der Waals surface area contributed by atoms with Gasteiger partial charge < -0.3 is 9.47 Å². The summed E-state index contributed by atoms with van der Waals surface area (Å²) in [6, 6.07) is 15.9. The standard InChI is InChI=1S/C27H32N2O4/c1-18-4-3-5-23(10-18)33-16-24(30)28-29-25(31)27-14-19-11-20(15-27)13-26(12-19,17-27)21-6-8-22(32-2)9-7-21/h3-10,19-20H,11-17H2,1-2H3,(H,28,30)(H,29,31). The summed E-state index contributed by atoms with van der Waals surface area (Å²) in [5.74, 6) is 2.18. The molecule has 33 heavy (non-hydrogen) atoms. The van der Waals surface area contributed by atoms with Crippen LogP contribution < -0.4 is 20.3 Å². The Balaban J connectivity index is 1.24. The third-order valence-corrected chi connectivity index (χ3v) is 7.92. The monoisotopic (exact) mass is 448 g/mol. The molecule has 0 radical (unpaired) electrons. The predicted molar refractivity (Wildman–Crippen MR) is 125 cm³/mol. The summed E-state index contributed by atoms with van der Waals surface area (Å²) in [6.07, 6.45) is 6.14. The number of benzene rings is 2. The Hall–Kier alpha value is -3.02. The molecule has 2 N–H and O–H groups in total. The van der Waals surface area contributed by atoms with Gasteiger partial charge >= 0.3 is 0 Å². The fourth-order valence-electron chi connectivity index (χ4n) is 6.96. The van der Waals surface area contributed by atoms with Crippen LogP contribution in [-0.4, -0.2) is 25.5 Å². The molecule has 174 valence electrons. The maximum atomic E-state index is 13.4. The second kappa shape index (κ2) is 8.40. The van der Waals surface area contributed by atoms with Gasteiger partial charge in [0.2, 0.25) is 5.91 Å². The minimum Gasteiger partial charge on any atom is -0.497 e. The number of ether oxygens (including phenoxy) is 2. The van der Waals surface area contributed by atoms with E-state index in [1.807, 2.05) is 43.3 Å². The van der Waals surface area contributed by atoms with Crippen LogP contribution in [0, 0.1) is 24.2 Å². The molecule has 2 aromatic rings. The number of hydrogen-bond acceptors (Lipinski definition) is 4. The quantitative estimate of drug-likeness (QED) is 0.653. The van der Waals surface area contributed by atoms with Gasteiger partial charge in [-0.25, -0.2) is 0 Å². The van der Waals surface area contributed by atoms with Crippen molar-refractivity contribution in [1.82, 2.24) is 10.9 Å². The van der Waals surface area contributed by atoms with Gasteiger partial charge in [0.05, 0.1) is 12.5 Å². The van der Waals surface area contributed by atoms with E-state index in [1.165, 1.54) is 12.0 Å². The van der Waals surface area contributed by atoms with Crippen LogP contribution in [0.25, 0.3) is 0 Å². The Morgan fingerprint density at radius 2 is 1.70 bits per heavy atom. The van der Waals surface area contributed by atoms with Gasteiger partial charge in [-0.1, -0.05) is 24.3 Å². The van der Waals surface area contributed by atoms with Gasteiger partial charge in [0, 0.05) is 0 Å². The topological polar surface area (TPSA) is 76.7 Å². The number of amides is 2. The zero-order valence-corrected chi connectivity index (χ0v) is 19.4. The molecule has 6 rings (SSSR count). The molecule has 4 aliphatic rings. The van der Waals surface area contributed by atoms with Crippen LogP contribution in [-0.2, 0) is 15.0 Å². The van der Waals surface area contributed by atoms with E-state index in [4.69, 9.17) is 9.47 Å². The number of methoxy groups -OCH3 is 1. The molecule has 2 atom stereocenters. The lowest BCUT2D eigenvalue weighted by Crippen LogP contribution is -2.61. The zero-order chi connectivity index (χ0) is 23.1. The maximum Gasteiger partial charge on any atom is 0.276 e. The molecule has 2 amide bonds. The van der Waals surface area contributed by atoms with Gasteiger partial charge in [0.15, 0.2) is 6.61 Å². The summed E-state index contributed by atoms with van der Waals surface area (Å²) in [6.45, 7) is 1.83. The van der Waals surface area contributed by atoms with Crippen LogP contribution in [0.4, 0.5) is 0 Å². The zero-order valence-electron chi connectivity index (χ0n) is 19.4. The average Bonchev–Trinajstić information content (AvgIpc) is 2.80. The van der Waals surface area contributed by atoms with Crippen LogP contribution in [0.2, 0.25) is 0 Å². The Labute approximate surface area is 195 Å². The highest BCUT2D eigenvalue weighted by Gasteiger charge is 2.61. The molecule has 6 nitrogen and oxygen atoms in total. The molecule has 4 bridgehead atoms. The molecule has 6 heteroatoms. The minimum absolute atomic E-state index is 0.0337. The highest BCUT2D eigenvalue weighted by Crippen LogP contribution is 2.65. The smallest absolute Gasteiger partial charge is 0.276 e. The first kappa shape index (κ1) is 21.8. The van der Waals surface area contributed by atoms with Crippen molar-refractivity contribution in [3.63, 3.8) is 0 Å². The third kappa shape index (κ3) is 4.19. The van der Waals surface area contributed by atoms with Crippen molar-refractivity contribution < 1.29 is 19.1 Å². The van der Waals surface area contributed by atoms with Gasteiger partial charge in [0.1, 0.15) is 11.5 Å². The van der Waals surface area contributed by atoms with E-state index in [0.29, 0.717) is 17.6 Å². The largest absolute Gasteiger partial charge is 0.497 e. The molecule has 4 saturated carbocycles. The molecule has 0 heterocycles. The number of carbonyl (C=O) groups is 2. The number of aryl methyl sites for hydroxylation is 1. The van der Waals surface area contributed by atoms with E-state index >= 15 is 0 Å². The molecule has 0 saturated heterocycles. The Bertz CT molecular complexity index is 1030. The van der Waals surface area contributed by atoms with E-state index in [-0.39, 0.29) is 23.8 Å². The van der Waals surface area contributed by atoms with Crippen molar-refractivity contribution in [2.24, 2.45) is 17.3 Å². The number of hydrazine groups is 1. The van der Waals surface area contributed by atoms with Crippen molar-refractivity contribution in [1.29, 1.82) is 0 Å². The van der Waals surface area contributed by atoms with Gasteiger partial charge in [-0.15, -0.1) is 0 Å². The average molecular weight is 449 g/mol. The van der Waals surface area contributed by atoms with Crippen LogP contribution in [0.1, 0.15) is 49.7 Å². The molecule has 0 spiro atoms. The fourth-order valence-corrected chi connectivity index (χ4v) is 6.96. The first-order chi connectivity index (χ1) is 15.9. The lowest BCUT2D eigenvalue weighted by molar-refractivity contribution is -0.151.